The van der Waals surface area contributed by atoms with Crippen molar-refractivity contribution in [1.29, 1.82) is 0 Å². The second-order valence-corrected chi connectivity index (χ2v) is 9.29. The van der Waals surface area contributed by atoms with Crippen molar-refractivity contribution >= 4 is 0 Å². The third kappa shape index (κ3) is 4.78. The van der Waals surface area contributed by atoms with Gasteiger partial charge in [0, 0.05) is 0 Å². The number of benzene rings is 3. The van der Waals surface area contributed by atoms with E-state index in [4.69, 9.17) is 23.7 Å². The van der Waals surface area contributed by atoms with Crippen LogP contribution in [0.4, 0.5) is 0 Å². The molecule has 6 heteroatoms. The maximum absolute atomic E-state index is 9.39. The van der Waals surface area contributed by atoms with E-state index in [1.165, 1.54) is 0 Å². The first kappa shape index (κ1) is 24.1. The van der Waals surface area contributed by atoms with Gasteiger partial charge in [0.1, 0.15) is 23.9 Å². The van der Waals surface area contributed by atoms with Crippen molar-refractivity contribution in [3.8, 4) is 0 Å². The third-order valence-electron chi connectivity index (χ3n) is 6.49. The summed E-state index contributed by atoms with van der Waals surface area (Å²) >= 11 is 0. The van der Waals surface area contributed by atoms with Gasteiger partial charge in [0.15, 0.2) is 12.1 Å². The van der Waals surface area contributed by atoms with Crippen LogP contribution in [0.25, 0.3) is 0 Å². The summed E-state index contributed by atoms with van der Waals surface area (Å²) in [6.45, 7) is 4.03. The first-order chi connectivity index (χ1) is 17.0. The molecule has 1 N–H and O–H groups in total. The minimum absolute atomic E-state index is 0.0896. The molecule has 0 amide bonds. The van der Waals surface area contributed by atoms with Gasteiger partial charge in [-0.1, -0.05) is 91.0 Å². The molecule has 0 saturated carbocycles. The molecule has 2 aliphatic rings. The molecule has 2 fully saturated rings. The quantitative estimate of drug-likeness (QED) is 0.466. The van der Waals surface area contributed by atoms with Crippen molar-refractivity contribution < 1.29 is 28.8 Å². The molecule has 35 heavy (non-hydrogen) atoms. The van der Waals surface area contributed by atoms with E-state index < -0.39 is 36.0 Å². The van der Waals surface area contributed by atoms with Crippen LogP contribution in [0.5, 0.6) is 0 Å². The molecular formula is C29H32O6. The Morgan fingerprint density at radius 2 is 1.31 bits per heavy atom. The van der Waals surface area contributed by atoms with Gasteiger partial charge in [-0.2, -0.15) is 0 Å². The van der Waals surface area contributed by atoms with Crippen LogP contribution in [0, 0.1) is 0 Å². The van der Waals surface area contributed by atoms with E-state index in [0.29, 0.717) is 0 Å². The molecule has 3 aromatic rings. The highest BCUT2D eigenvalue weighted by molar-refractivity contribution is 5.47. The van der Waals surface area contributed by atoms with E-state index in [9.17, 15) is 5.11 Å². The number of fused-ring (bicyclic) bond motifs is 1. The molecule has 5 rings (SSSR count). The van der Waals surface area contributed by atoms with Gasteiger partial charge in [-0.15, -0.1) is 0 Å². The monoisotopic (exact) mass is 476 g/mol. The fourth-order valence-electron chi connectivity index (χ4n) is 5.05. The highest BCUT2D eigenvalue weighted by atomic mass is 16.8. The van der Waals surface area contributed by atoms with Gasteiger partial charge in [-0.3, -0.25) is 0 Å². The van der Waals surface area contributed by atoms with Gasteiger partial charge in [0.05, 0.1) is 19.8 Å². The van der Waals surface area contributed by atoms with Crippen LogP contribution in [-0.2, 0) is 29.3 Å². The maximum Gasteiger partial charge on any atom is 0.190 e. The second-order valence-electron chi connectivity index (χ2n) is 9.29. The van der Waals surface area contributed by atoms with E-state index in [1.807, 2.05) is 68.4 Å². The van der Waals surface area contributed by atoms with E-state index in [-0.39, 0.29) is 19.8 Å². The molecule has 184 valence electrons. The van der Waals surface area contributed by atoms with Gasteiger partial charge < -0.3 is 28.8 Å². The standard InChI is InChI=1S/C29H32O6/c1-28(2)34-26-25(31-19-18-30)24(33-27(26)35-28)20-32-29(21-12-6-3-7-13-21,22-14-8-4-9-15-22)23-16-10-5-11-17-23/h3-17,24-27,30H,18-20H2,1-2H3/t24-,25+,26-,27-/m1/s1. The Hall–Kier alpha value is -2.58. The summed E-state index contributed by atoms with van der Waals surface area (Å²) < 4.78 is 31.2. The average Bonchev–Trinajstić information content (AvgIpc) is 3.36. The van der Waals surface area contributed by atoms with Crippen LogP contribution in [0.15, 0.2) is 91.0 Å². The molecule has 0 aliphatic carbocycles. The number of ether oxygens (including phenoxy) is 5. The average molecular weight is 477 g/mol. The Kier molecular flexibility index (Phi) is 7.02. The zero-order valence-electron chi connectivity index (χ0n) is 20.1. The van der Waals surface area contributed by atoms with Crippen LogP contribution >= 0.6 is 0 Å². The predicted octanol–water partition coefficient (Wildman–Crippen LogP) is 4.25. The molecule has 6 nitrogen and oxygen atoms in total. The number of hydrogen-bond donors (Lipinski definition) is 1. The highest BCUT2D eigenvalue weighted by Crippen LogP contribution is 2.43. The van der Waals surface area contributed by atoms with Crippen LogP contribution in [0.3, 0.4) is 0 Å². The molecule has 2 heterocycles. The molecule has 2 saturated heterocycles. The van der Waals surface area contributed by atoms with Crippen molar-refractivity contribution in [1.82, 2.24) is 0 Å². The van der Waals surface area contributed by atoms with Crippen molar-refractivity contribution in [3.63, 3.8) is 0 Å². The van der Waals surface area contributed by atoms with E-state index >= 15 is 0 Å². The Labute approximate surface area is 206 Å². The van der Waals surface area contributed by atoms with Crippen LogP contribution < -0.4 is 0 Å². The van der Waals surface area contributed by atoms with Crippen molar-refractivity contribution in [2.45, 2.75) is 49.8 Å². The lowest BCUT2D eigenvalue weighted by atomic mass is 9.80. The molecular weight excluding hydrogens is 444 g/mol. The topological polar surface area (TPSA) is 66.4 Å². The number of hydrogen-bond acceptors (Lipinski definition) is 6. The van der Waals surface area contributed by atoms with Gasteiger partial charge >= 0.3 is 0 Å². The van der Waals surface area contributed by atoms with Gasteiger partial charge in [0.2, 0.25) is 0 Å². The van der Waals surface area contributed by atoms with Gasteiger partial charge in [-0.25, -0.2) is 0 Å². The van der Waals surface area contributed by atoms with E-state index in [1.54, 1.807) is 0 Å². The largest absolute Gasteiger partial charge is 0.394 e. The Balaban J connectivity index is 1.51. The highest BCUT2D eigenvalue weighted by Gasteiger charge is 2.56. The Bertz CT molecular complexity index is 975. The lowest BCUT2D eigenvalue weighted by molar-refractivity contribution is -0.227. The molecule has 0 radical (unpaired) electrons. The molecule has 2 aliphatic heterocycles. The van der Waals surface area contributed by atoms with Crippen LogP contribution in [0.2, 0.25) is 0 Å². The summed E-state index contributed by atoms with van der Waals surface area (Å²) in [5.41, 5.74) is 2.17. The van der Waals surface area contributed by atoms with Crippen molar-refractivity contribution in [3.05, 3.63) is 108 Å². The summed E-state index contributed by atoms with van der Waals surface area (Å²) in [6, 6.07) is 30.6. The summed E-state index contributed by atoms with van der Waals surface area (Å²) in [4.78, 5) is 0. The smallest absolute Gasteiger partial charge is 0.190 e. The Morgan fingerprint density at radius 3 is 1.80 bits per heavy atom. The molecule has 0 bridgehead atoms. The van der Waals surface area contributed by atoms with Gasteiger partial charge in [-0.05, 0) is 30.5 Å². The molecule has 3 aromatic carbocycles. The Morgan fingerprint density at radius 1 is 0.800 bits per heavy atom. The summed E-state index contributed by atoms with van der Waals surface area (Å²) in [5.74, 6) is -0.760. The fourth-order valence-corrected chi connectivity index (χ4v) is 5.05. The normalized spacial score (nSPS) is 25.5. The number of aliphatic hydroxyl groups is 1. The summed E-state index contributed by atoms with van der Waals surface area (Å²) in [6.07, 6.45) is -1.83. The van der Waals surface area contributed by atoms with E-state index in [2.05, 4.69) is 36.4 Å². The summed E-state index contributed by atoms with van der Waals surface area (Å²) in [7, 11) is 0. The van der Waals surface area contributed by atoms with Crippen molar-refractivity contribution in [2.24, 2.45) is 0 Å². The second kappa shape index (κ2) is 10.2. The lowest BCUT2D eigenvalue weighted by Crippen LogP contribution is -2.42. The minimum Gasteiger partial charge on any atom is -0.394 e. The summed E-state index contributed by atoms with van der Waals surface area (Å²) in [5, 5.41) is 9.39. The molecule has 4 atom stereocenters. The third-order valence-corrected chi connectivity index (χ3v) is 6.49. The number of aliphatic hydroxyl groups excluding tert-OH is 1. The first-order valence-corrected chi connectivity index (χ1v) is 12.1. The minimum atomic E-state index is -0.868. The predicted molar refractivity (Wildman–Crippen MR) is 131 cm³/mol. The zero-order chi connectivity index (χ0) is 24.3. The van der Waals surface area contributed by atoms with E-state index in [0.717, 1.165) is 16.7 Å². The van der Waals surface area contributed by atoms with Crippen LogP contribution in [0.1, 0.15) is 30.5 Å². The maximum atomic E-state index is 9.39. The number of rotatable bonds is 9. The lowest BCUT2D eigenvalue weighted by Gasteiger charge is -2.37. The molecule has 0 unspecified atom stereocenters. The SMILES string of the molecule is CC1(C)O[C@H]2O[C@H](COC(c3ccccc3)(c3ccccc3)c3ccccc3)[C@H](OCCO)[C@H]2O1. The molecule has 0 aromatic heterocycles. The zero-order valence-corrected chi connectivity index (χ0v) is 20.1. The first-order valence-electron chi connectivity index (χ1n) is 12.1. The van der Waals surface area contributed by atoms with Crippen LogP contribution in [-0.4, -0.2) is 55.3 Å². The van der Waals surface area contributed by atoms with Gasteiger partial charge in [0.25, 0.3) is 0 Å². The molecule has 0 spiro atoms. The fraction of sp³-hybridized carbons (Fsp3) is 0.379. The van der Waals surface area contributed by atoms with Crippen molar-refractivity contribution in [2.75, 3.05) is 19.8 Å².